The van der Waals surface area contributed by atoms with E-state index in [1.165, 1.54) is 85.1 Å². The zero-order chi connectivity index (χ0) is 16.3. The van der Waals surface area contributed by atoms with E-state index in [1.807, 2.05) is 0 Å². The van der Waals surface area contributed by atoms with Gasteiger partial charge in [-0.05, 0) is 5.92 Å². The SMILES string of the molecule is CC1CC[CH-]CC1.CCC(C)[N]=[Ta].[CH-]1CCCCC1.[CH2-]C. The molecular weight excluding hydrogens is 423 g/mol. The van der Waals surface area contributed by atoms with E-state index >= 15 is 0 Å². The van der Waals surface area contributed by atoms with Gasteiger partial charge in [0.25, 0.3) is 0 Å². The molecule has 2 rings (SSSR count). The van der Waals surface area contributed by atoms with Crippen LogP contribution in [0.4, 0.5) is 0 Å². The summed E-state index contributed by atoms with van der Waals surface area (Å²) in [5.74, 6) is 1.00. The van der Waals surface area contributed by atoms with E-state index in [4.69, 9.17) is 0 Å². The molecule has 2 aliphatic carbocycles. The summed E-state index contributed by atoms with van der Waals surface area (Å²) < 4.78 is 4.12. The maximum Gasteiger partial charge on any atom is -0.0582 e. The maximum absolute atomic E-state index is 4.12. The second-order valence-corrected chi connectivity index (χ2v) is 6.68. The minimum Gasteiger partial charge on any atom is -0.346 e. The van der Waals surface area contributed by atoms with E-state index in [1.54, 1.807) is 6.92 Å². The van der Waals surface area contributed by atoms with Crippen LogP contribution < -0.4 is 0 Å². The molecule has 0 N–H and O–H groups in total. The van der Waals surface area contributed by atoms with Crippen molar-refractivity contribution in [1.82, 2.24) is 0 Å². The summed E-state index contributed by atoms with van der Waals surface area (Å²) in [4.78, 5) is 0. The second kappa shape index (κ2) is 20.5. The van der Waals surface area contributed by atoms with Crippen molar-refractivity contribution in [2.24, 2.45) is 9.26 Å². The quantitative estimate of drug-likeness (QED) is 0.396. The molecule has 127 valence electrons. The molecule has 2 saturated carbocycles. The molecule has 1 atom stereocenters. The molecule has 0 spiro atoms. The van der Waals surface area contributed by atoms with E-state index in [0.717, 1.165) is 5.92 Å². The average Bonchev–Trinajstić information content (AvgIpc) is 2.59. The van der Waals surface area contributed by atoms with Crippen molar-refractivity contribution < 1.29 is 20.9 Å². The molecule has 0 aromatic carbocycles. The molecule has 1 nitrogen and oxygen atoms in total. The smallest absolute Gasteiger partial charge is 0.0582 e. The van der Waals surface area contributed by atoms with Crippen LogP contribution in [-0.2, 0) is 20.9 Å². The van der Waals surface area contributed by atoms with Crippen LogP contribution in [-0.4, -0.2) is 6.04 Å². The van der Waals surface area contributed by atoms with Crippen molar-refractivity contribution >= 4 is 0 Å². The van der Waals surface area contributed by atoms with Crippen LogP contribution in [0.1, 0.15) is 91.9 Å². The predicted molar refractivity (Wildman–Crippen MR) is 92.5 cm³/mol. The predicted octanol–water partition coefficient (Wildman–Crippen LogP) is 6.91. The molecule has 0 aromatic heterocycles. The Morgan fingerprint density at radius 3 is 1.67 bits per heavy atom. The Labute approximate surface area is 147 Å². The van der Waals surface area contributed by atoms with Crippen LogP contribution >= 0.6 is 0 Å². The van der Waals surface area contributed by atoms with E-state index in [2.05, 4.69) is 43.9 Å². The summed E-state index contributed by atoms with van der Waals surface area (Å²) in [6, 6.07) is 0.610. The van der Waals surface area contributed by atoms with Gasteiger partial charge in [-0.25, -0.2) is 0 Å². The first-order valence-electron chi connectivity index (χ1n) is 8.88. The minimum atomic E-state index is 0.610. The maximum atomic E-state index is 4.12. The number of hydrogen-bond acceptors (Lipinski definition) is 1. The monoisotopic (exact) mass is 461 g/mol. The van der Waals surface area contributed by atoms with Crippen LogP contribution in [0.15, 0.2) is 3.34 Å². The van der Waals surface area contributed by atoms with Crippen LogP contribution in [0.5, 0.6) is 0 Å². The van der Waals surface area contributed by atoms with E-state index in [0.29, 0.717) is 6.04 Å². The third-order valence-electron chi connectivity index (χ3n) is 3.83. The second-order valence-electron chi connectivity index (χ2n) is 5.85. The molecule has 1 unspecified atom stereocenters. The standard InChI is InChI=1S/C7H13.C6H11.C4H9N.C2H5.Ta/c1-7-5-3-2-4-6-7;1-2-4-6-5-3-1;1-3-4(2)5;1-2;/h2,7H,3-6H2,1H3;1H,2-6H2;4H,3H2,1-2H3;1H2,2H3;/q2*-1;;-1;. The molecule has 0 saturated heterocycles. The normalized spacial score (nSPS) is 19.4. The van der Waals surface area contributed by atoms with Gasteiger partial charge in [-0.15, -0.1) is 0 Å². The van der Waals surface area contributed by atoms with Gasteiger partial charge in [0.15, 0.2) is 0 Å². The Balaban J connectivity index is 0. The Morgan fingerprint density at radius 1 is 1.05 bits per heavy atom. The van der Waals surface area contributed by atoms with E-state index in [9.17, 15) is 0 Å². The molecule has 0 aromatic rings. The third kappa shape index (κ3) is 20.5. The van der Waals surface area contributed by atoms with Crippen LogP contribution in [0.25, 0.3) is 0 Å². The minimum absolute atomic E-state index is 0.610. The zero-order valence-corrected chi connectivity index (χ0v) is 18.2. The number of nitrogens with zero attached hydrogens (tertiary/aromatic N) is 1. The molecule has 0 bridgehead atoms. The van der Waals surface area contributed by atoms with Gasteiger partial charge >= 0.3 is 50.5 Å². The van der Waals surface area contributed by atoms with Gasteiger partial charge in [-0.1, -0.05) is 39.0 Å². The van der Waals surface area contributed by atoms with Crippen LogP contribution in [0.2, 0.25) is 0 Å². The Hall–Kier alpha value is 0.540. The number of hydrogen-bond donors (Lipinski definition) is 0. The van der Waals surface area contributed by atoms with Crippen molar-refractivity contribution in [3.05, 3.63) is 19.8 Å². The molecule has 0 amide bonds. The van der Waals surface area contributed by atoms with Gasteiger partial charge in [0.2, 0.25) is 0 Å². The summed E-state index contributed by atoms with van der Waals surface area (Å²) in [7, 11) is 0. The van der Waals surface area contributed by atoms with Gasteiger partial charge < -0.3 is 19.8 Å². The zero-order valence-electron chi connectivity index (χ0n) is 15.0. The molecule has 0 aliphatic heterocycles. The molecule has 0 heterocycles. The third-order valence-corrected chi connectivity index (χ3v) is 5.25. The molecule has 2 aliphatic rings. The van der Waals surface area contributed by atoms with Gasteiger partial charge in [-0.2, -0.15) is 32.6 Å². The molecular formula is C19H38NTa-3. The molecule has 0 radical (unpaired) electrons. The first-order chi connectivity index (χ1) is 10.2. The summed E-state index contributed by atoms with van der Waals surface area (Å²) in [6.45, 7) is 11.6. The Kier molecular flexibility index (Phi) is 23.3. The summed E-state index contributed by atoms with van der Waals surface area (Å²) in [6.07, 6.45) is 18.7. The molecule has 21 heavy (non-hydrogen) atoms. The van der Waals surface area contributed by atoms with E-state index < -0.39 is 0 Å². The fourth-order valence-electron chi connectivity index (χ4n) is 2.07. The van der Waals surface area contributed by atoms with Crippen molar-refractivity contribution in [2.75, 3.05) is 0 Å². The largest absolute Gasteiger partial charge is 0.346 e. The summed E-state index contributed by atoms with van der Waals surface area (Å²) in [5, 5.41) is 0. The van der Waals surface area contributed by atoms with Crippen molar-refractivity contribution in [3.63, 3.8) is 0 Å². The van der Waals surface area contributed by atoms with Gasteiger partial charge in [-0.3, -0.25) is 0 Å². The van der Waals surface area contributed by atoms with Crippen molar-refractivity contribution in [2.45, 2.75) is 97.9 Å². The summed E-state index contributed by atoms with van der Waals surface area (Å²) in [5.41, 5.74) is 0. The van der Waals surface area contributed by atoms with Gasteiger partial charge in [0.05, 0.1) is 0 Å². The fraction of sp³-hybridized carbons (Fsp3) is 0.842. The van der Waals surface area contributed by atoms with Crippen molar-refractivity contribution in [1.29, 1.82) is 0 Å². The van der Waals surface area contributed by atoms with Crippen molar-refractivity contribution in [3.8, 4) is 0 Å². The first kappa shape index (κ1) is 23.8. The first-order valence-corrected chi connectivity index (χ1v) is 10.3. The Morgan fingerprint density at radius 2 is 1.52 bits per heavy atom. The molecule has 2 fully saturated rings. The topological polar surface area (TPSA) is 12.4 Å². The van der Waals surface area contributed by atoms with Gasteiger partial charge in [0.1, 0.15) is 0 Å². The summed E-state index contributed by atoms with van der Waals surface area (Å²) >= 11 is 1.18. The van der Waals surface area contributed by atoms with Crippen LogP contribution in [0, 0.1) is 25.7 Å². The number of rotatable bonds is 2. The fourth-order valence-corrected chi connectivity index (χ4v) is 2.66. The van der Waals surface area contributed by atoms with E-state index in [-0.39, 0.29) is 0 Å². The molecule has 2 heteroatoms. The van der Waals surface area contributed by atoms with Crippen LogP contribution in [0.3, 0.4) is 0 Å². The Bertz CT molecular complexity index is 172. The van der Waals surface area contributed by atoms with Gasteiger partial charge in [0, 0.05) is 0 Å². The average molecular weight is 461 g/mol.